The number of hydrogen-bond donors (Lipinski definition) is 3. The molecule has 1 atom stereocenters. The molecule has 2 aromatic heterocycles. The molecule has 3 N–H and O–H groups in total. The summed E-state index contributed by atoms with van der Waals surface area (Å²) in [6, 6.07) is 11.4. The molecule has 1 aromatic carbocycles. The molecule has 4 rings (SSSR count). The number of aromatic nitrogens is 2. The Bertz CT molecular complexity index is 1370. The first-order valence-electron chi connectivity index (χ1n) is 12.7. The number of carbonyl (C=O) groups is 1. The SMILES string of the molecule is CCCCOc1cc2c(nc1C)-c1c(c(O)c(C(=O)NO)c(=O)n1Cc1ccccc1)C(C(C)(C)C)C2. The van der Waals surface area contributed by atoms with Crippen molar-refractivity contribution < 1.29 is 19.8 Å². The highest BCUT2D eigenvalue weighted by Gasteiger charge is 2.40. The third-order valence-corrected chi connectivity index (χ3v) is 7.03. The van der Waals surface area contributed by atoms with E-state index in [0.29, 0.717) is 41.4 Å². The van der Waals surface area contributed by atoms with Gasteiger partial charge in [-0.2, -0.15) is 0 Å². The Morgan fingerprint density at radius 2 is 1.95 bits per heavy atom. The zero-order valence-electron chi connectivity index (χ0n) is 22.1. The number of amides is 1. The fourth-order valence-corrected chi connectivity index (χ4v) is 5.01. The molecule has 0 fully saturated rings. The minimum atomic E-state index is -1.05. The van der Waals surface area contributed by atoms with Crippen LogP contribution in [0.3, 0.4) is 0 Å². The molecule has 8 heteroatoms. The predicted molar refractivity (Wildman–Crippen MR) is 141 cm³/mol. The lowest BCUT2D eigenvalue weighted by Crippen LogP contribution is -2.37. The number of hydrogen-bond acceptors (Lipinski definition) is 6. The number of rotatable bonds is 7. The van der Waals surface area contributed by atoms with Crippen molar-refractivity contribution in [3.05, 3.63) is 74.7 Å². The second kappa shape index (κ2) is 10.4. The van der Waals surface area contributed by atoms with Gasteiger partial charge >= 0.3 is 0 Å². The van der Waals surface area contributed by atoms with Gasteiger partial charge in [0.2, 0.25) is 0 Å². The van der Waals surface area contributed by atoms with Crippen LogP contribution in [-0.4, -0.2) is 32.4 Å². The fraction of sp³-hybridized carbons (Fsp3) is 0.414. The highest BCUT2D eigenvalue weighted by molar-refractivity contribution is 5.97. The van der Waals surface area contributed by atoms with Crippen molar-refractivity contribution in [3.8, 4) is 22.9 Å². The average molecular weight is 506 g/mol. The summed E-state index contributed by atoms with van der Waals surface area (Å²) < 4.78 is 7.53. The Morgan fingerprint density at radius 1 is 1.24 bits per heavy atom. The van der Waals surface area contributed by atoms with E-state index in [9.17, 15) is 19.9 Å². The van der Waals surface area contributed by atoms with Gasteiger partial charge in [-0.05, 0) is 48.3 Å². The summed E-state index contributed by atoms with van der Waals surface area (Å²) in [6.07, 6.45) is 2.50. The van der Waals surface area contributed by atoms with E-state index < -0.39 is 22.8 Å². The third-order valence-electron chi connectivity index (χ3n) is 7.03. The van der Waals surface area contributed by atoms with Gasteiger partial charge in [-0.3, -0.25) is 14.8 Å². The summed E-state index contributed by atoms with van der Waals surface area (Å²) in [5.41, 5.74) is 4.04. The van der Waals surface area contributed by atoms with Crippen LogP contribution in [-0.2, 0) is 13.0 Å². The lowest BCUT2D eigenvalue weighted by molar-refractivity contribution is 0.0700. The molecule has 8 nitrogen and oxygen atoms in total. The zero-order valence-corrected chi connectivity index (χ0v) is 22.1. The lowest BCUT2D eigenvalue weighted by Gasteiger charge is -2.38. The van der Waals surface area contributed by atoms with E-state index in [4.69, 9.17) is 9.72 Å². The molecule has 3 aromatic rings. The van der Waals surface area contributed by atoms with Gasteiger partial charge in [0, 0.05) is 5.56 Å². The first-order valence-corrected chi connectivity index (χ1v) is 12.7. The molecular weight excluding hydrogens is 470 g/mol. The molecule has 1 aliphatic rings. The number of fused-ring (bicyclic) bond motifs is 3. The number of hydroxylamine groups is 1. The Labute approximate surface area is 216 Å². The maximum absolute atomic E-state index is 13.7. The second-order valence-electron chi connectivity index (χ2n) is 10.7. The van der Waals surface area contributed by atoms with Gasteiger partial charge in [0.15, 0.2) is 0 Å². The van der Waals surface area contributed by atoms with Gasteiger partial charge in [0.05, 0.1) is 30.2 Å². The van der Waals surface area contributed by atoms with Crippen molar-refractivity contribution in [1.29, 1.82) is 0 Å². The molecular formula is C29H35N3O5. The van der Waals surface area contributed by atoms with Crippen LogP contribution in [0.5, 0.6) is 11.5 Å². The van der Waals surface area contributed by atoms with Crippen LogP contribution < -0.4 is 15.8 Å². The smallest absolute Gasteiger partial charge is 0.284 e. The van der Waals surface area contributed by atoms with E-state index >= 15 is 0 Å². The second-order valence-corrected chi connectivity index (χ2v) is 10.7. The van der Waals surface area contributed by atoms with E-state index in [0.717, 1.165) is 24.0 Å². The van der Waals surface area contributed by atoms with Crippen molar-refractivity contribution in [2.24, 2.45) is 5.41 Å². The Morgan fingerprint density at radius 3 is 2.57 bits per heavy atom. The number of carbonyl (C=O) groups excluding carboxylic acids is 1. The highest BCUT2D eigenvalue weighted by Crippen LogP contribution is 2.51. The van der Waals surface area contributed by atoms with E-state index in [2.05, 4.69) is 27.7 Å². The predicted octanol–water partition coefficient (Wildman–Crippen LogP) is 4.96. The number of aromatic hydroxyl groups is 1. The molecule has 1 aliphatic carbocycles. The molecule has 2 heterocycles. The van der Waals surface area contributed by atoms with Crippen LogP contribution in [0.25, 0.3) is 11.4 Å². The molecule has 0 saturated heterocycles. The van der Waals surface area contributed by atoms with E-state index in [1.807, 2.05) is 43.3 Å². The van der Waals surface area contributed by atoms with E-state index in [1.54, 1.807) is 0 Å². The fourth-order valence-electron chi connectivity index (χ4n) is 5.01. The molecule has 37 heavy (non-hydrogen) atoms. The van der Waals surface area contributed by atoms with Gasteiger partial charge in [0.1, 0.15) is 17.1 Å². The van der Waals surface area contributed by atoms with Gasteiger partial charge in [-0.15, -0.1) is 0 Å². The first kappa shape index (κ1) is 26.4. The van der Waals surface area contributed by atoms with Gasteiger partial charge < -0.3 is 14.4 Å². The number of unbranched alkanes of at least 4 members (excludes halogenated alkanes) is 1. The molecule has 0 radical (unpaired) electrons. The molecule has 0 spiro atoms. The van der Waals surface area contributed by atoms with Gasteiger partial charge in [0.25, 0.3) is 11.5 Å². The van der Waals surface area contributed by atoms with Crippen LogP contribution in [0.4, 0.5) is 0 Å². The Balaban J connectivity index is 2.06. The maximum Gasteiger partial charge on any atom is 0.284 e. The van der Waals surface area contributed by atoms with Crippen molar-refractivity contribution in [2.45, 2.75) is 66.3 Å². The first-order chi connectivity index (χ1) is 17.6. The minimum absolute atomic E-state index is 0.166. The Kier molecular flexibility index (Phi) is 7.41. The van der Waals surface area contributed by atoms with Gasteiger partial charge in [-0.25, -0.2) is 10.5 Å². The molecule has 1 amide bonds. The quantitative estimate of drug-likeness (QED) is 0.238. The van der Waals surface area contributed by atoms with Crippen LogP contribution in [0, 0.1) is 12.3 Å². The number of pyridine rings is 2. The van der Waals surface area contributed by atoms with Gasteiger partial charge in [-0.1, -0.05) is 64.4 Å². The summed E-state index contributed by atoms with van der Waals surface area (Å²) in [6.45, 7) is 10.9. The standard InChI is InChI=1S/C29H35N3O5/c1-6-7-13-37-21-15-19-14-20(29(3,4)5)22-25(24(19)30-17(21)2)32(16-18-11-9-8-10-12-18)28(35)23(26(22)33)27(34)31-36/h8-12,15,20,33,36H,6-7,13-14,16H2,1-5H3,(H,31,34). The van der Waals surface area contributed by atoms with Crippen molar-refractivity contribution in [2.75, 3.05) is 6.61 Å². The highest BCUT2D eigenvalue weighted by atomic mass is 16.5. The largest absolute Gasteiger partial charge is 0.507 e. The zero-order chi connectivity index (χ0) is 26.9. The average Bonchev–Trinajstić information content (AvgIpc) is 2.86. The number of nitrogens with one attached hydrogen (secondary N) is 1. The van der Waals surface area contributed by atoms with E-state index in [-0.39, 0.29) is 17.9 Å². The minimum Gasteiger partial charge on any atom is -0.507 e. The van der Waals surface area contributed by atoms with Crippen LogP contribution in [0.1, 0.15) is 79.2 Å². The third kappa shape index (κ3) is 4.98. The summed E-state index contributed by atoms with van der Waals surface area (Å²) in [5, 5.41) is 20.8. The summed E-state index contributed by atoms with van der Waals surface area (Å²) in [4.78, 5) is 31.2. The molecule has 1 unspecified atom stereocenters. The number of ether oxygens (including phenoxy) is 1. The molecule has 196 valence electrons. The Hall–Kier alpha value is -3.65. The normalized spacial score (nSPS) is 14.6. The number of aryl methyl sites for hydroxylation is 1. The monoisotopic (exact) mass is 505 g/mol. The summed E-state index contributed by atoms with van der Waals surface area (Å²) in [5.74, 6) is -0.991. The number of benzene rings is 1. The van der Waals surface area contributed by atoms with Crippen LogP contribution in [0.2, 0.25) is 0 Å². The van der Waals surface area contributed by atoms with E-state index in [1.165, 1.54) is 10.0 Å². The lowest BCUT2D eigenvalue weighted by atomic mass is 9.69. The van der Waals surface area contributed by atoms with Crippen molar-refractivity contribution in [3.63, 3.8) is 0 Å². The molecule has 0 saturated carbocycles. The number of nitrogens with zero attached hydrogens (tertiary/aromatic N) is 2. The van der Waals surface area contributed by atoms with Crippen molar-refractivity contribution in [1.82, 2.24) is 15.0 Å². The molecule has 0 aliphatic heterocycles. The summed E-state index contributed by atoms with van der Waals surface area (Å²) in [7, 11) is 0. The van der Waals surface area contributed by atoms with Crippen molar-refractivity contribution >= 4 is 5.91 Å². The maximum atomic E-state index is 13.7. The molecule has 0 bridgehead atoms. The topological polar surface area (TPSA) is 114 Å². The van der Waals surface area contributed by atoms with Crippen LogP contribution in [0.15, 0.2) is 41.2 Å². The van der Waals surface area contributed by atoms with Crippen LogP contribution >= 0.6 is 0 Å². The summed E-state index contributed by atoms with van der Waals surface area (Å²) >= 11 is 0.